The fourth-order valence-electron chi connectivity index (χ4n) is 0.666. The number of nitrogens with zero attached hydrogens (tertiary/aromatic N) is 1. The van der Waals surface area contributed by atoms with Gasteiger partial charge in [0.1, 0.15) is 5.75 Å². The molecular formula is C6H3BrFNO3. The molecule has 1 rings (SSSR count). The molecule has 0 aliphatic carbocycles. The quantitative estimate of drug-likeness (QED) is 0.600. The first kappa shape index (κ1) is 8.92. The molecule has 12 heavy (non-hydrogen) atoms. The van der Waals surface area contributed by atoms with Crippen molar-refractivity contribution in [1.82, 2.24) is 0 Å². The topological polar surface area (TPSA) is 63.4 Å². The highest BCUT2D eigenvalue weighted by Crippen LogP contribution is 2.30. The molecule has 0 bridgehead atoms. The van der Waals surface area contributed by atoms with Crippen LogP contribution in [0, 0.1) is 15.9 Å². The first-order chi connectivity index (χ1) is 5.52. The molecule has 0 fully saturated rings. The monoisotopic (exact) mass is 235 g/mol. The molecule has 64 valence electrons. The van der Waals surface area contributed by atoms with Gasteiger partial charge in [-0.3, -0.25) is 10.1 Å². The van der Waals surface area contributed by atoms with E-state index in [1.807, 2.05) is 0 Å². The van der Waals surface area contributed by atoms with Crippen LogP contribution in [0.15, 0.2) is 16.6 Å². The van der Waals surface area contributed by atoms with Crippen molar-refractivity contribution >= 4 is 21.6 Å². The van der Waals surface area contributed by atoms with E-state index in [0.717, 1.165) is 6.07 Å². The van der Waals surface area contributed by atoms with Crippen molar-refractivity contribution < 1.29 is 14.4 Å². The molecule has 0 heterocycles. The predicted molar refractivity (Wildman–Crippen MR) is 42.4 cm³/mol. The van der Waals surface area contributed by atoms with Gasteiger partial charge in [0.2, 0.25) is 5.82 Å². The van der Waals surface area contributed by atoms with Gasteiger partial charge in [-0.2, -0.15) is 4.39 Å². The number of benzene rings is 1. The van der Waals surface area contributed by atoms with Gasteiger partial charge in [-0.25, -0.2) is 0 Å². The highest BCUT2D eigenvalue weighted by Gasteiger charge is 2.16. The van der Waals surface area contributed by atoms with Crippen molar-refractivity contribution in [2.45, 2.75) is 0 Å². The van der Waals surface area contributed by atoms with Gasteiger partial charge in [-0.15, -0.1) is 0 Å². The maximum atomic E-state index is 12.7. The van der Waals surface area contributed by atoms with Crippen molar-refractivity contribution in [2.24, 2.45) is 0 Å². The SMILES string of the molecule is O=[N+]([O-])c1cc(Br)c(O)cc1F. The normalized spacial score (nSPS) is 9.83. The minimum absolute atomic E-state index is 0.0931. The second-order valence-corrected chi connectivity index (χ2v) is 2.87. The Balaban J connectivity index is 3.33. The maximum Gasteiger partial charge on any atom is 0.306 e. The summed E-state index contributed by atoms with van der Waals surface area (Å²) >= 11 is 2.83. The zero-order valence-electron chi connectivity index (χ0n) is 5.62. The van der Waals surface area contributed by atoms with E-state index in [1.165, 1.54) is 0 Å². The summed E-state index contributed by atoms with van der Waals surface area (Å²) in [5.41, 5.74) is -0.667. The molecule has 1 N–H and O–H groups in total. The molecule has 6 heteroatoms. The molecule has 0 amide bonds. The summed E-state index contributed by atoms with van der Waals surface area (Å²) in [6.07, 6.45) is 0. The van der Waals surface area contributed by atoms with Crippen molar-refractivity contribution in [3.8, 4) is 5.75 Å². The number of phenols is 1. The Morgan fingerprint density at radius 2 is 2.17 bits per heavy atom. The number of nitro groups is 1. The Morgan fingerprint density at radius 1 is 1.58 bits per heavy atom. The third kappa shape index (κ3) is 1.53. The lowest BCUT2D eigenvalue weighted by Crippen LogP contribution is -1.91. The summed E-state index contributed by atoms with van der Waals surface area (Å²) < 4.78 is 12.8. The third-order valence-corrected chi connectivity index (χ3v) is 1.85. The highest BCUT2D eigenvalue weighted by molar-refractivity contribution is 9.10. The molecule has 0 spiro atoms. The van der Waals surface area contributed by atoms with Crippen molar-refractivity contribution in [3.63, 3.8) is 0 Å². The predicted octanol–water partition coefficient (Wildman–Crippen LogP) is 2.20. The highest BCUT2D eigenvalue weighted by atomic mass is 79.9. The molecule has 1 aromatic carbocycles. The molecule has 0 atom stereocenters. The minimum Gasteiger partial charge on any atom is -0.507 e. The van der Waals surface area contributed by atoms with Crippen LogP contribution in [-0.4, -0.2) is 10.0 Å². The van der Waals surface area contributed by atoms with Crippen LogP contribution in [0.25, 0.3) is 0 Å². The lowest BCUT2D eigenvalue weighted by molar-refractivity contribution is -0.387. The van der Waals surface area contributed by atoms with Crippen LogP contribution < -0.4 is 0 Å². The number of aromatic hydroxyl groups is 1. The largest absolute Gasteiger partial charge is 0.507 e. The second kappa shape index (κ2) is 3.06. The number of hydrogen-bond donors (Lipinski definition) is 1. The molecule has 4 nitrogen and oxygen atoms in total. The zero-order valence-corrected chi connectivity index (χ0v) is 7.21. The maximum absolute atomic E-state index is 12.7. The van der Waals surface area contributed by atoms with E-state index < -0.39 is 16.4 Å². The van der Waals surface area contributed by atoms with E-state index >= 15 is 0 Å². The van der Waals surface area contributed by atoms with Gasteiger partial charge < -0.3 is 5.11 Å². The van der Waals surface area contributed by atoms with Gasteiger partial charge in [0, 0.05) is 12.1 Å². The van der Waals surface area contributed by atoms with E-state index in [4.69, 9.17) is 5.11 Å². The minimum atomic E-state index is -1.05. The summed E-state index contributed by atoms with van der Waals surface area (Å²) in [5, 5.41) is 19.0. The smallest absolute Gasteiger partial charge is 0.306 e. The first-order valence-electron chi connectivity index (χ1n) is 2.85. The van der Waals surface area contributed by atoms with E-state index in [1.54, 1.807) is 0 Å². The van der Waals surface area contributed by atoms with Gasteiger partial charge in [-0.05, 0) is 15.9 Å². The zero-order chi connectivity index (χ0) is 9.30. The Kier molecular flexibility index (Phi) is 2.27. The lowest BCUT2D eigenvalue weighted by Gasteiger charge is -1.97. The molecule has 0 saturated carbocycles. The average molecular weight is 236 g/mol. The summed E-state index contributed by atoms with van der Waals surface area (Å²) in [4.78, 5) is 9.29. The van der Waals surface area contributed by atoms with Crippen molar-refractivity contribution in [1.29, 1.82) is 0 Å². The summed E-state index contributed by atoms with van der Waals surface area (Å²) in [5.74, 6) is -1.42. The van der Waals surface area contributed by atoms with E-state index in [-0.39, 0.29) is 10.2 Å². The Morgan fingerprint density at radius 3 is 2.67 bits per heavy atom. The van der Waals surface area contributed by atoms with Gasteiger partial charge >= 0.3 is 5.69 Å². The molecule has 0 radical (unpaired) electrons. The van der Waals surface area contributed by atoms with E-state index in [9.17, 15) is 14.5 Å². The molecule has 0 aliphatic rings. The van der Waals surface area contributed by atoms with Crippen molar-refractivity contribution in [2.75, 3.05) is 0 Å². The molecule has 0 unspecified atom stereocenters. The number of phenolic OH excluding ortho intramolecular Hbond substituents is 1. The molecule has 0 aromatic heterocycles. The molecule has 0 saturated heterocycles. The molecular weight excluding hydrogens is 233 g/mol. The summed E-state index contributed by atoms with van der Waals surface area (Å²) in [7, 11) is 0. The Bertz CT molecular complexity index is 342. The number of rotatable bonds is 1. The van der Waals surface area contributed by atoms with Gasteiger partial charge in [0.15, 0.2) is 0 Å². The van der Waals surface area contributed by atoms with Crippen LogP contribution in [0.5, 0.6) is 5.75 Å². The lowest BCUT2D eigenvalue weighted by atomic mass is 10.3. The molecule has 1 aromatic rings. The third-order valence-electron chi connectivity index (χ3n) is 1.21. The Hall–Kier alpha value is -1.17. The van der Waals surface area contributed by atoms with Gasteiger partial charge in [0.05, 0.1) is 9.40 Å². The fourth-order valence-corrected chi connectivity index (χ4v) is 0.997. The van der Waals surface area contributed by atoms with Crippen LogP contribution in [0.3, 0.4) is 0 Å². The molecule has 0 aliphatic heterocycles. The van der Waals surface area contributed by atoms with Gasteiger partial charge in [-0.1, -0.05) is 0 Å². The average Bonchev–Trinajstić information content (AvgIpc) is 1.96. The van der Waals surface area contributed by atoms with E-state index in [2.05, 4.69) is 15.9 Å². The van der Waals surface area contributed by atoms with Crippen LogP contribution >= 0.6 is 15.9 Å². The van der Waals surface area contributed by atoms with Crippen molar-refractivity contribution in [3.05, 3.63) is 32.5 Å². The van der Waals surface area contributed by atoms with Crippen LogP contribution in [0.1, 0.15) is 0 Å². The second-order valence-electron chi connectivity index (χ2n) is 2.01. The number of nitro benzene ring substituents is 1. The Labute approximate surface area is 74.9 Å². The summed E-state index contributed by atoms with van der Waals surface area (Å²) in [6, 6.07) is 1.59. The van der Waals surface area contributed by atoms with Gasteiger partial charge in [0.25, 0.3) is 0 Å². The fraction of sp³-hybridized carbons (Fsp3) is 0. The van der Waals surface area contributed by atoms with E-state index in [0.29, 0.717) is 6.07 Å². The number of hydrogen-bond acceptors (Lipinski definition) is 3. The summed E-state index contributed by atoms with van der Waals surface area (Å²) in [6.45, 7) is 0. The standard InChI is InChI=1S/C6H3BrFNO3/c7-3-1-5(9(11)12)4(8)2-6(3)10/h1-2,10H. The number of halogens is 2. The van der Waals surface area contributed by atoms with Crippen LogP contribution in [0.4, 0.5) is 10.1 Å². The van der Waals surface area contributed by atoms with Crippen LogP contribution in [-0.2, 0) is 0 Å². The van der Waals surface area contributed by atoms with Crippen LogP contribution in [0.2, 0.25) is 0 Å². The first-order valence-corrected chi connectivity index (χ1v) is 3.64.